The Kier molecular flexibility index (Phi) is 10.3. The van der Waals surface area contributed by atoms with Gasteiger partial charge in [-0.15, -0.1) is 0 Å². The summed E-state index contributed by atoms with van der Waals surface area (Å²) in [5.41, 5.74) is 5.53. The summed E-state index contributed by atoms with van der Waals surface area (Å²) in [6.07, 6.45) is 3.08. The predicted molar refractivity (Wildman–Crippen MR) is 157 cm³/mol. The Balaban J connectivity index is 0.000000674. The lowest BCUT2D eigenvalue weighted by Gasteiger charge is -2.15. The minimum Gasteiger partial charge on any atom is -0.322 e. The van der Waals surface area contributed by atoms with Crippen LogP contribution in [0.15, 0.2) is 79.0 Å². The molecule has 0 saturated carbocycles. The van der Waals surface area contributed by atoms with Gasteiger partial charge in [0.2, 0.25) is 0 Å². The molecule has 1 amide bonds. The molecule has 0 aliphatic carbocycles. The van der Waals surface area contributed by atoms with E-state index in [1.807, 2.05) is 80.7 Å². The van der Waals surface area contributed by atoms with Crippen LogP contribution in [0.5, 0.6) is 0 Å². The van der Waals surface area contributed by atoms with Crippen molar-refractivity contribution in [3.63, 3.8) is 0 Å². The van der Waals surface area contributed by atoms with Crippen LogP contribution in [0.1, 0.15) is 50.0 Å². The van der Waals surface area contributed by atoms with Crippen molar-refractivity contribution < 1.29 is 4.79 Å². The van der Waals surface area contributed by atoms with Gasteiger partial charge >= 0.3 is 0 Å². The number of anilines is 2. The van der Waals surface area contributed by atoms with Crippen molar-refractivity contribution in [2.75, 3.05) is 22.7 Å². The molecule has 1 saturated heterocycles. The average molecular weight is 501 g/mol. The van der Waals surface area contributed by atoms with Gasteiger partial charge in [0.1, 0.15) is 0 Å². The predicted octanol–water partition coefficient (Wildman–Crippen LogP) is 7.88. The molecular weight excluding hydrogens is 464 g/mol. The van der Waals surface area contributed by atoms with Crippen LogP contribution in [0, 0.1) is 6.92 Å². The number of carbonyl (C=O) groups is 1. The second kappa shape index (κ2) is 13.7. The van der Waals surface area contributed by atoms with E-state index in [4.69, 9.17) is 0 Å². The van der Waals surface area contributed by atoms with Gasteiger partial charge in [-0.25, -0.2) is 4.72 Å². The van der Waals surface area contributed by atoms with Crippen molar-refractivity contribution >= 4 is 40.2 Å². The molecule has 3 aromatic carbocycles. The molecule has 1 aromatic heterocycles. The maximum absolute atomic E-state index is 12.8. The number of aryl methyl sites for hydroxylation is 1. The smallest absolute Gasteiger partial charge is 0.255 e. The SMILES string of the molecule is CC.CCC.Cc1ccc(NC(=O)c2ccc(N3CCNS3)cc2)cc1-c1nccc2ccccc12. The van der Waals surface area contributed by atoms with Gasteiger partial charge in [-0.05, 0) is 60.3 Å². The summed E-state index contributed by atoms with van der Waals surface area (Å²) in [6.45, 7) is 12.2. The first-order valence-electron chi connectivity index (χ1n) is 12.6. The number of fused-ring (bicyclic) bond motifs is 1. The summed E-state index contributed by atoms with van der Waals surface area (Å²) in [5.74, 6) is -0.126. The monoisotopic (exact) mass is 500 g/mol. The van der Waals surface area contributed by atoms with E-state index in [-0.39, 0.29) is 5.91 Å². The van der Waals surface area contributed by atoms with Gasteiger partial charge in [-0.3, -0.25) is 9.78 Å². The number of benzene rings is 3. The summed E-state index contributed by atoms with van der Waals surface area (Å²) in [4.78, 5) is 17.5. The first kappa shape index (κ1) is 27.2. The van der Waals surface area contributed by atoms with Crippen LogP contribution in [0.3, 0.4) is 0 Å². The first-order chi connectivity index (χ1) is 17.6. The third-order valence-corrected chi connectivity index (χ3v) is 6.38. The topological polar surface area (TPSA) is 57.3 Å². The maximum Gasteiger partial charge on any atom is 0.255 e. The molecule has 0 unspecified atom stereocenters. The molecule has 2 N–H and O–H groups in total. The van der Waals surface area contributed by atoms with E-state index in [9.17, 15) is 4.79 Å². The van der Waals surface area contributed by atoms with E-state index in [0.717, 1.165) is 52.1 Å². The van der Waals surface area contributed by atoms with E-state index in [0.29, 0.717) is 5.56 Å². The Labute approximate surface area is 219 Å². The van der Waals surface area contributed by atoms with Gasteiger partial charge in [-0.1, -0.05) is 64.4 Å². The zero-order valence-corrected chi connectivity index (χ0v) is 22.7. The molecule has 4 aromatic rings. The van der Waals surface area contributed by atoms with Crippen LogP contribution in [0.2, 0.25) is 0 Å². The lowest BCUT2D eigenvalue weighted by Crippen LogP contribution is -2.13. The van der Waals surface area contributed by atoms with Crippen molar-refractivity contribution in [3.8, 4) is 11.3 Å². The quantitative estimate of drug-likeness (QED) is 0.279. The van der Waals surface area contributed by atoms with Crippen molar-refractivity contribution in [3.05, 3.63) is 90.1 Å². The molecule has 6 heteroatoms. The van der Waals surface area contributed by atoms with Crippen LogP contribution in [-0.2, 0) is 0 Å². The standard InChI is InChI=1S/C25H22N4OS.C3H8.C2H6/c1-17-6-9-20(16-23(17)24-22-5-3-2-4-18(22)12-13-26-24)28-25(30)19-7-10-21(11-8-19)29-15-14-27-31-29;1-3-2;1-2/h2-13,16,27H,14-15H2,1H3,(H,28,30);3H2,1-2H3;1-2H3. The van der Waals surface area contributed by atoms with Crippen LogP contribution in [0.25, 0.3) is 22.0 Å². The summed E-state index contributed by atoms with van der Waals surface area (Å²) in [5, 5.41) is 5.28. The lowest BCUT2D eigenvalue weighted by molar-refractivity contribution is 0.102. The fourth-order valence-electron chi connectivity index (χ4n) is 3.77. The Morgan fingerprint density at radius 3 is 2.44 bits per heavy atom. The minimum atomic E-state index is -0.126. The fraction of sp³-hybridized carbons (Fsp3) is 0.267. The normalized spacial score (nSPS) is 12.3. The van der Waals surface area contributed by atoms with E-state index in [1.165, 1.54) is 6.42 Å². The van der Waals surface area contributed by atoms with Gasteiger partial charge < -0.3 is 9.62 Å². The highest BCUT2D eigenvalue weighted by Crippen LogP contribution is 2.31. The second-order valence-corrected chi connectivity index (χ2v) is 9.12. The van der Waals surface area contributed by atoms with Crippen molar-refractivity contribution in [2.45, 2.75) is 41.0 Å². The number of rotatable bonds is 4. The highest BCUT2D eigenvalue weighted by atomic mass is 32.2. The Morgan fingerprint density at radius 2 is 1.75 bits per heavy atom. The molecule has 5 nitrogen and oxygen atoms in total. The van der Waals surface area contributed by atoms with Gasteiger partial charge in [0.25, 0.3) is 5.91 Å². The minimum absolute atomic E-state index is 0.126. The van der Waals surface area contributed by atoms with E-state index in [1.54, 1.807) is 12.1 Å². The fourth-order valence-corrected chi connectivity index (χ4v) is 4.52. The zero-order chi connectivity index (χ0) is 25.9. The summed E-state index contributed by atoms with van der Waals surface area (Å²) < 4.78 is 5.41. The molecular formula is C30H36N4OS. The van der Waals surface area contributed by atoms with Crippen LogP contribution < -0.4 is 14.3 Å². The van der Waals surface area contributed by atoms with E-state index < -0.39 is 0 Å². The van der Waals surface area contributed by atoms with E-state index in [2.05, 4.69) is 52.2 Å². The second-order valence-electron chi connectivity index (χ2n) is 8.21. The number of aromatic nitrogens is 1. The lowest BCUT2D eigenvalue weighted by atomic mass is 9.99. The highest BCUT2D eigenvalue weighted by molar-refractivity contribution is 7.99. The Hall–Kier alpha value is -3.35. The molecule has 1 aliphatic heterocycles. The van der Waals surface area contributed by atoms with E-state index >= 15 is 0 Å². The summed E-state index contributed by atoms with van der Waals surface area (Å²) >= 11 is 1.59. The number of hydrogen-bond acceptors (Lipinski definition) is 5. The van der Waals surface area contributed by atoms with Crippen molar-refractivity contribution in [2.24, 2.45) is 0 Å². The number of nitrogens with zero attached hydrogens (tertiary/aromatic N) is 2. The van der Waals surface area contributed by atoms with Gasteiger partial charge in [0.15, 0.2) is 0 Å². The molecule has 0 radical (unpaired) electrons. The third-order valence-electron chi connectivity index (χ3n) is 5.43. The van der Waals surface area contributed by atoms with Crippen LogP contribution in [-0.4, -0.2) is 24.0 Å². The molecule has 0 atom stereocenters. The van der Waals surface area contributed by atoms with Crippen LogP contribution >= 0.6 is 12.1 Å². The number of nitrogens with one attached hydrogen (secondary N) is 2. The molecule has 2 heterocycles. The molecule has 36 heavy (non-hydrogen) atoms. The summed E-state index contributed by atoms with van der Waals surface area (Å²) in [6, 6.07) is 23.9. The van der Waals surface area contributed by atoms with Gasteiger partial charge in [0.05, 0.1) is 5.69 Å². The molecule has 0 bridgehead atoms. The molecule has 188 valence electrons. The molecule has 0 spiro atoms. The zero-order valence-electron chi connectivity index (χ0n) is 21.8. The molecule has 1 aliphatic rings. The maximum atomic E-state index is 12.8. The van der Waals surface area contributed by atoms with Crippen molar-refractivity contribution in [1.82, 2.24) is 9.71 Å². The largest absolute Gasteiger partial charge is 0.322 e. The first-order valence-corrected chi connectivity index (χ1v) is 13.4. The number of amides is 1. The average Bonchev–Trinajstić information content (AvgIpc) is 3.46. The highest BCUT2D eigenvalue weighted by Gasteiger charge is 2.15. The molecule has 5 rings (SSSR count). The van der Waals surface area contributed by atoms with Gasteiger partial charge in [0, 0.05) is 59.3 Å². The van der Waals surface area contributed by atoms with Crippen molar-refractivity contribution in [1.29, 1.82) is 0 Å². The Bertz CT molecular complexity index is 1260. The molecule has 1 fully saturated rings. The van der Waals surface area contributed by atoms with Crippen LogP contribution in [0.4, 0.5) is 11.4 Å². The number of pyridine rings is 1. The summed E-state index contributed by atoms with van der Waals surface area (Å²) in [7, 11) is 0. The Morgan fingerprint density at radius 1 is 1.03 bits per heavy atom. The number of carbonyl (C=O) groups excluding carboxylic acids is 1. The van der Waals surface area contributed by atoms with Gasteiger partial charge in [-0.2, -0.15) is 0 Å². The number of hydrogen-bond donors (Lipinski definition) is 2. The third kappa shape index (κ3) is 6.65.